The van der Waals surface area contributed by atoms with Crippen LogP contribution < -0.4 is 0 Å². The van der Waals surface area contributed by atoms with Crippen LogP contribution in [0.2, 0.25) is 0 Å². The van der Waals surface area contributed by atoms with E-state index in [0.29, 0.717) is 0 Å². The molecule has 11 unspecified atom stereocenters. The lowest BCUT2D eigenvalue weighted by molar-refractivity contribution is 0.183. The van der Waals surface area contributed by atoms with Gasteiger partial charge in [0.25, 0.3) is 0 Å². The first-order chi connectivity index (χ1) is 11.5. The highest BCUT2D eigenvalue weighted by Gasteiger charge is 2.51. The highest BCUT2D eigenvalue weighted by molar-refractivity contribution is 7.60. The minimum absolute atomic E-state index is 0.782. The normalized spacial score (nSPS) is 57.5. The Bertz CT molecular complexity index is 427. The Morgan fingerprint density at radius 1 is 0.583 bits per heavy atom. The predicted molar refractivity (Wildman–Crippen MR) is 112 cm³/mol. The van der Waals surface area contributed by atoms with Gasteiger partial charge >= 0.3 is 0 Å². The van der Waals surface area contributed by atoms with Crippen LogP contribution in [0.25, 0.3) is 0 Å². The molecule has 5 aliphatic rings. The van der Waals surface area contributed by atoms with Crippen molar-refractivity contribution in [3.63, 3.8) is 0 Å². The molecule has 4 aliphatic heterocycles. The van der Waals surface area contributed by atoms with Crippen LogP contribution >= 0.6 is 17.2 Å². The first-order valence-electron chi connectivity index (χ1n) is 11.0. The maximum Gasteiger partial charge on any atom is 0.00883 e. The summed E-state index contributed by atoms with van der Waals surface area (Å²) in [5.41, 5.74) is 2.15. The molecular formula is C22H40P2. The summed E-state index contributed by atoms with van der Waals surface area (Å²) in [6.07, 6.45) is 14.0. The second-order valence-electron chi connectivity index (χ2n) is 10.3. The Labute approximate surface area is 154 Å². The van der Waals surface area contributed by atoms with Crippen molar-refractivity contribution in [2.45, 2.75) is 102 Å². The van der Waals surface area contributed by atoms with Crippen LogP contribution in [0.1, 0.15) is 85.5 Å². The van der Waals surface area contributed by atoms with Gasteiger partial charge in [-0.3, -0.25) is 0 Å². The molecule has 0 amide bonds. The fourth-order valence-corrected chi connectivity index (χ4v) is 13.2. The van der Waals surface area contributed by atoms with Gasteiger partial charge < -0.3 is 0 Å². The van der Waals surface area contributed by atoms with Gasteiger partial charge in [0.15, 0.2) is 0 Å². The number of fused-ring (bicyclic) bond motifs is 5. The second-order valence-corrected chi connectivity index (χ2v) is 14.6. The van der Waals surface area contributed by atoms with Gasteiger partial charge in [0.1, 0.15) is 0 Å². The van der Waals surface area contributed by atoms with Gasteiger partial charge in [0.05, 0.1) is 0 Å². The fraction of sp³-hybridized carbons (Fsp3) is 1.00. The average Bonchev–Trinajstić information content (AvgIpc) is 2.76. The SMILES string of the molecule is CC1CCC2PC3(CC1CCC2C)PC1CCC(C)C3CCC1C. The third-order valence-electron chi connectivity index (χ3n) is 8.76. The van der Waals surface area contributed by atoms with E-state index in [9.17, 15) is 0 Å². The van der Waals surface area contributed by atoms with Crippen molar-refractivity contribution in [2.75, 3.05) is 0 Å². The van der Waals surface area contributed by atoms with Gasteiger partial charge in [0, 0.05) is 4.90 Å². The molecule has 138 valence electrons. The standard InChI is InChI=1S/C22H40P2/c1-14-7-11-20-16(3)5-9-18(14)13-22(23-20)19-10-6-17(4)21(24-22)12-8-15(19)2/h14-21,23-24H,5-13H2,1-4H3. The summed E-state index contributed by atoms with van der Waals surface area (Å²) in [7, 11) is 2.61. The second kappa shape index (κ2) is 7.12. The van der Waals surface area contributed by atoms with E-state index in [4.69, 9.17) is 0 Å². The number of hydrogen-bond acceptors (Lipinski definition) is 0. The Kier molecular flexibility index (Phi) is 5.41. The first kappa shape index (κ1) is 18.2. The molecule has 4 bridgehead atoms. The van der Waals surface area contributed by atoms with E-state index in [1.807, 2.05) is 0 Å². The topological polar surface area (TPSA) is 0 Å². The predicted octanol–water partition coefficient (Wildman–Crippen LogP) is 7.12. The van der Waals surface area contributed by atoms with Gasteiger partial charge in [-0.15, -0.1) is 17.2 Å². The third-order valence-corrected chi connectivity index (χ3v) is 14.3. The van der Waals surface area contributed by atoms with Gasteiger partial charge in [-0.05, 0) is 105 Å². The zero-order valence-corrected chi connectivity index (χ0v) is 18.5. The van der Waals surface area contributed by atoms with E-state index < -0.39 is 0 Å². The molecule has 11 atom stereocenters. The van der Waals surface area contributed by atoms with Crippen molar-refractivity contribution in [3.8, 4) is 0 Å². The van der Waals surface area contributed by atoms with E-state index in [1.54, 1.807) is 44.9 Å². The molecule has 1 saturated carbocycles. The quantitative estimate of drug-likeness (QED) is 0.400. The van der Waals surface area contributed by atoms with Crippen molar-refractivity contribution in [2.24, 2.45) is 35.5 Å². The van der Waals surface area contributed by atoms with Gasteiger partial charge in [-0.1, -0.05) is 27.7 Å². The molecule has 0 N–H and O–H groups in total. The molecule has 2 heteroatoms. The maximum atomic E-state index is 2.64. The van der Waals surface area contributed by atoms with Crippen LogP contribution in [0.5, 0.6) is 0 Å². The van der Waals surface area contributed by atoms with Crippen molar-refractivity contribution < 1.29 is 0 Å². The lowest BCUT2D eigenvalue weighted by atomic mass is 9.72. The number of hydrogen-bond donors (Lipinski definition) is 0. The first-order valence-corrected chi connectivity index (χ1v) is 13.2. The highest BCUT2D eigenvalue weighted by Crippen LogP contribution is 2.69. The lowest BCUT2D eigenvalue weighted by Gasteiger charge is -2.51. The van der Waals surface area contributed by atoms with E-state index in [1.165, 1.54) is 30.0 Å². The maximum absolute atomic E-state index is 2.64. The highest BCUT2D eigenvalue weighted by atomic mass is 31.1. The monoisotopic (exact) mass is 366 g/mol. The van der Waals surface area contributed by atoms with Crippen molar-refractivity contribution in [1.29, 1.82) is 0 Å². The molecule has 24 heavy (non-hydrogen) atoms. The Hall–Kier alpha value is 0.860. The van der Waals surface area contributed by atoms with Gasteiger partial charge in [-0.25, -0.2) is 0 Å². The smallest absolute Gasteiger partial charge is 0.00883 e. The average molecular weight is 367 g/mol. The molecule has 1 aliphatic carbocycles. The van der Waals surface area contributed by atoms with Gasteiger partial charge in [-0.2, -0.15) is 0 Å². The zero-order valence-electron chi connectivity index (χ0n) is 16.5. The third kappa shape index (κ3) is 3.26. The minimum atomic E-state index is 0.782. The Balaban J connectivity index is 1.73. The summed E-state index contributed by atoms with van der Waals surface area (Å²) in [4.78, 5) is 0.782. The van der Waals surface area contributed by atoms with E-state index in [-0.39, 0.29) is 0 Å². The summed E-state index contributed by atoms with van der Waals surface area (Å²) in [5, 5.41) is 0. The van der Waals surface area contributed by atoms with E-state index >= 15 is 0 Å². The van der Waals surface area contributed by atoms with Crippen LogP contribution in [0.3, 0.4) is 0 Å². The molecule has 0 nitrogen and oxygen atoms in total. The fourth-order valence-electron chi connectivity index (χ4n) is 6.85. The molecule has 4 saturated heterocycles. The Morgan fingerprint density at radius 3 is 1.79 bits per heavy atom. The Morgan fingerprint density at radius 2 is 1.12 bits per heavy atom. The van der Waals surface area contributed by atoms with Crippen LogP contribution in [0.15, 0.2) is 0 Å². The van der Waals surface area contributed by atoms with Crippen LogP contribution in [0, 0.1) is 35.5 Å². The molecule has 0 radical (unpaired) electrons. The van der Waals surface area contributed by atoms with Crippen molar-refractivity contribution in [3.05, 3.63) is 0 Å². The summed E-state index contributed by atoms with van der Waals surface area (Å²) in [6, 6.07) is 0. The summed E-state index contributed by atoms with van der Waals surface area (Å²) < 4.78 is 0. The molecule has 0 aromatic rings. The van der Waals surface area contributed by atoms with Crippen LogP contribution in [0.4, 0.5) is 0 Å². The molecule has 5 fully saturated rings. The van der Waals surface area contributed by atoms with E-state index in [2.05, 4.69) is 27.7 Å². The largest absolute Gasteiger partial charge is 0.108 e. The van der Waals surface area contributed by atoms with Gasteiger partial charge in [0.2, 0.25) is 0 Å². The number of rotatable bonds is 0. The summed E-state index contributed by atoms with van der Waals surface area (Å²) >= 11 is 0. The zero-order chi connectivity index (χ0) is 16.9. The summed E-state index contributed by atoms with van der Waals surface area (Å²) in [5.74, 6) is 6.16. The molecule has 0 aromatic carbocycles. The lowest BCUT2D eigenvalue weighted by Crippen LogP contribution is -2.41. The minimum Gasteiger partial charge on any atom is -0.108 e. The van der Waals surface area contributed by atoms with Crippen molar-refractivity contribution in [1.82, 2.24) is 0 Å². The van der Waals surface area contributed by atoms with Crippen molar-refractivity contribution >= 4 is 17.2 Å². The van der Waals surface area contributed by atoms with E-state index in [0.717, 1.165) is 51.7 Å². The summed E-state index contributed by atoms with van der Waals surface area (Å²) in [6.45, 7) is 10.5. The molecule has 1 spiro atoms. The molecular weight excluding hydrogens is 326 g/mol. The van der Waals surface area contributed by atoms with Crippen LogP contribution in [-0.2, 0) is 0 Å². The molecule has 4 heterocycles. The molecule has 5 rings (SSSR count). The molecule has 0 aromatic heterocycles. The van der Waals surface area contributed by atoms with Crippen LogP contribution in [-0.4, -0.2) is 16.2 Å².